The third-order valence-electron chi connectivity index (χ3n) is 2.82. The Morgan fingerprint density at radius 3 is 2.74 bits per heavy atom. The zero-order valence-corrected chi connectivity index (χ0v) is 11.8. The Hall–Kier alpha value is -1.81. The lowest BCUT2D eigenvalue weighted by Gasteiger charge is -2.17. The first kappa shape index (κ1) is 15.2. The van der Waals surface area contributed by atoms with E-state index in [1.807, 2.05) is 32.0 Å². The molecule has 4 heteroatoms. The fourth-order valence-electron chi connectivity index (χ4n) is 1.65. The molecule has 0 radical (unpaired) electrons. The minimum absolute atomic E-state index is 0.0129. The third-order valence-corrected chi connectivity index (χ3v) is 2.82. The van der Waals surface area contributed by atoms with E-state index in [0.29, 0.717) is 12.3 Å². The normalized spacial score (nSPS) is 13.5. The Bertz CT molecular complexity index is 455. The second-order valence-corrected chi connectivity index (χ2v) is 4.61. The third kappa shape index (κ3) is 4.41. The Labute approximate surface area is 114 Å². The smallest absolute Gasteiger partial charge is 0.261 e. The van der Waals surface area contributed by atoms with Crippen molar-refractivity contribution in [2.45, 2.75) is 32.9 Å². The van der Waals surface area contributed by atoms with Crippen molar-refractivity contribution in [1.82, 2.24) is 5.32 Å². The van der Waals surface area contributed by atoms with Crippen molar-refractivity contribution in [1.29, 1.82) is 0 Å². The zero-order chi connectivity index (χ0) is 14.4. The topological polar surface area (TPSA) is 64.3 Å². The lowest BCUT2D eigenvalue weighted by Crippen LogP contribution is -2.36. The van der Waals surface area contributed by atoms with E-state index in [9.17, 15) is 4.79 Å². The molecule has 0 aromatic heterocycles. The van der Waals surface area contributed by atoms with Crippen molar-refractivity contribution in [3.63, 3.8) is 0 Å². The standard InChI is InChI=1S/C15H22N2O2/c1-5-8-17-15(18)12(4)19-14-7-6-13(11(3)16)9-10(14)2/h5-7,9,11-12H,1,8,16H2,2-4H3,(H,17,18)/t11-,12?/m1/s1. The summed E-state index contributed by atoms with van der Waals surface area (Å²) in [5.41, 5.74) is 7.84. The zero-order valence-electron chi connectivity index (χ0n) is 11.8. The molecule has 1 unspecified atom stereocenters. The van der Waals surface area contributed by atoms with Gasteiger partial charge in [0, 0.05) is 12.6 Å². The molecule has 0 aliphatic heterocycles. The van der Waals surface area contributed by atoms with Crippen molar-refractivity contribution in [3.8, 4) is 5.75 Å². The second-order valence-electron chi connectivity index (χ2n) is 4.61. The van der Waals surface area contributed by atoms with Crippen LogP contribution in [0.15, 0.2) is 30.9 Å². The fourth-order valence-corrected chi connectivity index (χ4v) is 1.65. The number of nitrogens with two attached hydrogens (primary N) is 1. The summed E-state index contributed by atoms with van der Waals surface area (Å²) < 4.78 is 5.65. The van der Waals surface area contributed by atoms with Gasteiger partial charge in [-0.3, -0.25) is 4.79 Å². The van der Waals surface area contributed by atoms with E-state index in [2.05, 4.69) is 11.9 Å². The maximum atomic E-state index is 11.7. The molecule has 0 aliphatic rings. The van der Waals surface area contributed by atoms with Gasteiger partial charge in [-0.15, -0.1) is 6.58 Å². The number of hydrogen-bond acceptors (Lipinski definition) is 3. The molecule has 0 aliphatic carbocycles. The number of nitrogens with one attached hydrogen (secondary N) is 1. The summed E-state index contributed by atoms with van der Waals surface area (Å²) >= 11 is 0. The Morgan fingerprint density at radius 1 is 1.53 bits per heavy atom. The van der Waals surface area contributed by atoms with E-state index in [-0.39, 0.29) is 11.9 Å². The SMILES string of the molecule is C=CCNC(=O)C(C)Oc1ccc([C@@H](C)N)cc1C. The number of benzene rings is 1. The number of hydrogen-bond donors (Lipinski definition) is 2. The summed E-state index contributed by atoms with van der Waals surface area (Å²) in [5.74, 6) is 0.543. The van der Waals surface area contributed by atoms with Gasteiger partial charge in [0.05, 0.1) is 0 Å². The quantitative estimate of drug-likeness (QED) is 0.771. The van der Waals surface area contributed by atoms with E-state index in [0.717, 1.165) is 11.1 Å². The molecule has 1 aromatic carbocycles. The van der Waals surface area contributed by atoms with Crippen LogP contribution in [0.3, 0.4) is 0 Å². The van der Waals surface area contributed by atoms with Crippen LogP contribution < -0.4 is 15.8 Å². The van der Waals surface area contributed by atoms with Gasteiger partial charge in [-0.2, -0.15) is 0 Å². The average Bonchev–Trinajstić information content (AvgIpc) is 2.37. The summed E-state index contributed by atoms with van der Waals surface area (Å²) in [7, 11) is 0. The molecular weight excluding hydrogens is 240 g/mol. The molecule has 1 amide bonds. The first-order chi connectivity index (χ1) is 8.95. The fraction of sp³-hybridized carbons (Fsp3) is 0.400. The highest BCUT2D eigenvalue weighted by molar-refractivity contribution is 5.80. The molecule has 0 saturated heterocycles. The average molecular weight is 262 g/mol. The van der Waals surface area contributed by atoms with Crippen LogP contribution in [-0.4, -0.2) is 18.6 Å². The number of ether oxygens (including phenoxy) is 1. The molecule has 1 rings (SSSR count). The summed E-state index contributed by atoms with van der Waals surface area (Å²) in [5, 5.41) is 2.70. The van der Waals surface area contributed by atoms with Crippen LogP contribution in [0.25, 0.3) is 0 Å². The predicted octanol–water partition coefficient (Wildman–Crippen LogP) is 2.08. The maximum Gasteiger partial charge on any atom is 0.261 e. The molecule has 104 valence electrons. The van der Waals surface area contributed by atoms with Crippen molar-refractivity contribution >= 4 is 5.91 Å². The number of aryl methyl sites for hydroxylation is 1. The molecule has 1 aromatic rings. The minimum Gasteiger partial charge on any atom is -0.481 e. The lowest BCUT2D eigenvalue weighted by atomic mass is 10.1. The number of amides is 1. The Balaban J connectivity index is 2.71. The van der Waals surface area contributed by atoms with Crippen LogP contribution in [0.5, 0.6) is 5.75 Å². The molecule has 0 heterocycles. The Kier molecular flexibility index (Phi) is 5.57. The van der Waals surface area contributed by atoms with Gasteiger partial charge in [0.2, 0.25) is 0 Å². The Morgan fingerprint density at radius 2 is 2.21 bits per heavy atom. The van der Waals surface area contributed by atoms with E-state index < -0.39 is 6.10 Å². The maximum absolute atomic E-state index is 11.7. The van der Waals surface area contributed by atoms with E-state index in [4.69, 9.17) is 10.5 Å². The van der Waals surface area contributed by atoms with Gasteiger partial charge >= 0.3 is 0 Å². The van der Waals surface area contributed by atoms with Crippen LogP contribution in [0, 0.1) is 6.92 Å². The van der Waals surface area contributed by atoms with E-state index in [1.54, 1.807) is 13.0 Å². The molecule has 0 fully saturated rings. The highest BCUT2D eigenvalue weighted by atomic mass is 16.5. The van der Waals surface area contributed by atoms with Crippen LogP contribution in [0.4, 0.5) is 0 Å². The van der Waals surface area contributed by atoms with Gasteiger partial charge in [-0.25, -0.2) is 0 Å². The van der Waals surface area contributed by atoms with Gasteiger partial charge in [-0.1, -0.05) is 18.2 Å². The van der Waals surface area contributed by atoms with Crippen molar-refractivity contribution in [2.24, 2.45) is 5.73 Å². The highest BCUT2D eigenvalue weighted by Crippen LogP contribution is 2.22. The van der Waals surface area contributed by atoms with Gasteiger partial charge in [0.15, 0.2) is 6.10 Å². The predicted molar refractivity (Wildman–Crippen MR) is 77.1 cm³/mol. The van der Waals surface area contributed by atoms with E-state index >= 15 is 0 Å². The van der Waals surface area contributed by atoms with Crippen LogP contribution in [0.1, 0.15) is 31.0 Å². The van der Waals surface area contributed by atoms with Crippen molar-refractivity contribution in [3.05, 3.63) is 42.0 Å². The summed E-state index contributed by atoms with van der Waals surface area (Å²) in [6.45, 7) is 9.58. The molecular formula is C15H22N2O2. The lowest BCUT2D eigenvalue weighted by molar-refractivity contribution is -0.127. The van der Waals surface area contributed by atoms with Gasteiger partial charge in [-0.05, 0) is 38.0 Å². The molecule has 2 atom stereocenters. The molecule has 4 nitrogen and oxygen atoms in total. The summed E-state index contributed by atoms with van der Waals surface area (Å²) in [4.78, 5) is 11.7. The second kappa shape index (κ2) is 6.95. The molecule has 0 spiro atoms. The van der Waals surface area contributed by atoms with Crippen LogP contribution in [0.2, 0.25) is 0 Å². The number of carbonyl (C=O) groups excluding carboxylic acids is 1. The van der Waals surface area contributed by atoms with Crippen LogP contribution in [-0.2, 0) is 4.79 Å². The monoisotopic (exact) mass is 262 g/mol. The van der Waals surface area contributed by atoms with E-state index in [1.165, 1.54) is 0 Å². The summed E-state index contributed by atoms with van der Waals surface area (Å²) in [6, 6.07) is 5.74. The van der Waals surface area contributed by atoms with Crippen molar-refractivity contribution < 1.29 is 9.53 Å². The number of carbonyl (C=O) groups is 1. The van der Waals surface area contributed by atoms with Crippen molar-refractivity contribution in [2.75, 3.05) is 6.54 Å². The van der Waals surface area contributed by atoms with Gasteiger partial charge in [0.1, 0.15) is 5.75 Å². The van der Waals surface area contributed by atoms with Gasteiger partial charge < -0.3 is 15.8 Å². The first-order valence-electron chi connectivity index (χ1n) is 6.37. The van der Waals surface area contributed by atoms with Gasteiger partial charge in [0.25, 0.3) is 5.91 Å². The molecule has 19 heavy (non-hydrogen) atoms. The summed E-state index contributed by atoms with van der Waals surface area (Å²) in [6.07, 6.45) is 1.09. The minimum atomic E-state index is -0.542. The van der Waals surface area contributed by atoms with Crippen LogP contribution >= 0.6 is 0 Å². The molecule has 0 bridgehead atoms. The molecule has 3 N–H and O–H groups in total. The first-order valence-corrected chi connectivity index (χ1v) is 6.37. The number of rotatable bonds is 6. The molecule has 0 saturated carbocycles. The largest absolute Gasteiger partial charge is 0.481 e. The highest BCUT2D eigenvalue weighted by Gasteiger charge is 2.15.